The molecule has 19 heavy (non-hydrogen) atoms. The van der Waals surface area contributed by atoms with Crippen LogP contribution in [0.3, 0.4) is 0 Å². The van der Waals surface area contributed by atoms with E-state index in [0.717, 1.165) is 25.2 Å². The first kappa shape index (κ1) is 14.3. The van der Waals surface area contributed by atoms with Crippen molar-refractivity contribution in [2.75, 3.05) is 27.9 Å². The average molecular weight is 266 g/mol. The van der Waals surface area contributed by atoms with E-state index in [0.29, 0.717) is 5.92 Å². The highest BCUT2D eigenvalue weighted by atomic mass is 16.7. The van der Waals surface area contributed by atoms with E-state index in [4.69, 9.17) is 18.9 Å². The Morgan fingerprint density at radius 3 is 2.37 bits per heavy atom. The smallest absolute Gasteiger partial charge is 0.159 e. The van der Waals surface area contributed by atoms with Gasteiger partial charge in [0.05, 0.1) is 13.2 Å². The van der Waals surface area contributed by atoms with Gasteiger partial charge in [-0.25, -0.2) is 0 Å². The molecule has 1 heterocycles. The molecule has 0 saturated carbocycles. The molecule has 4 heteroatoms. The van der Waals surface area contributed by atoms with Gasteiger partial charge in [-0.3, -0.25) is 0 Å². The lowest BCUT2D eigenvalue weighted by Gasteiger charge is -2.33. The Morgan fingerprint density at radius 1 is 1.11 bits per heavy atom. The van der Waals surface area contributed by atoms with Crippen LogP contribution < -0.4 is 4.74 Å². The van der Waals surface area contributed by atoms with Gasteiger partial charge in [-0.2, -0.15) is 0 Å². The summed E-state index contributed by atoms with van der Waals surface area (Å²) in [7, 11) is 5.04. The summed E-state index contributed by atoms with van der Waals surface area (Å²) < 4.78 is 21.7. The lowest BCUT2D eigenvalue weighted by atomic mass is 9.91. The van der Waals surface area contributed by atoms with Crippen LogP contribution in [0.25, 0.3) is 0 Å². The van der Waals surface area contributed by atoms with Crippen LogP contribution in [-0.2, 0) is 14.2 Å². The summed E-state index contributed by atoms with van der Waals surface area (Å²) in [6.45, 7) is 0.741. The van der Waals surface area contributed by atoms with Crippen LogP contribution in [0.2, 0.25) is 0 Å². The van der Waals surface area contributed by atoms with E-state index >= 15 is 0 Å². The molecule has 0 N–H and O–H groups in total. The van der Waals surface area contributed by atoms with Gasteiger partial charge in [0.15, 0.2) is 6.29 Å². The van der Waals surface area contributed by atoms with E-state index in [1.54, 1.807) is 21.3 Å². The molecule has 1 aliphatic heterocycles. The normalized spacial score (nSPS) is 23.6. The molecule has 2 rings (SSSR count). The summed E-state index contributed by atoms with van der Waals surface area (Å²) in [5.41, 5.74) is 1.18. The lowest BCUT2D eigenvalue weighted by molar-refractivity contribution is -0.165. The van der Waals surface area contributed by atoms with Gasteiger partial charge in [0.2, 0.25) is 0 Å². The average Bonchev–Trinajstić information content (AvgIpc) is 2.49. The highest BCUT2D eigenvalue weighted by molar-refractivity contribution is 5.28. The standard InChI is InChI=1S/C15H22O4/c1-16-13-6-4-11(5-7-13)14-10-12(8-9-19-14)15(17-2)18-3/h4-7,12,14-15H,8-10H2,1-3H3/t12-,14+/m0/s1. The summed E-state index contributed by atoms with van der Waals surface area (Å²) in [6, 6.07) is 8.04. The predicted molar refractivity (Wildman–Crippen MR) is 72.2 cm³/mol. The molecule has 4 nitrogen and oxygen atoms in total. The second-order valence-electron chi connectivity index (χ2n) is 4.76. The van der Waals surface area contributed by atoms with Gasteiger partial charge < -0.3 is 18.9 Å². The molecule has 1 aromatic rings. The van der Waals surface area contributed by atoms with Gasteiger partial charge >= 0.3 is 0 Å². The van der Waals surface area contributed by atoms with Gasteiger partial charge in [-0.05, 0) is 30.5 Å². The molecule has 1 saturated heterocycles. The second-order valence-corrected chi connectivity index (χ2v) is 4.76. The van der Waals surface area contributed by atoms with Crippen molar-refractivity contribution in [2.24, 2.45) is 5.92 Å². The molecule has 1 aliphatic rings. The predicted octanol–water partition coefficient (Wildman–Crippen LogP) is 2.78. The molecule has 106 valence electrons. The van der Waals surface area contributed by atoms with Gasteiger partial charge in [-0.15, -0.1) is 0 Å². The molecule has 0 unspecified atom stereocenters. The zero-order chi connectivity index (χ0) is 13.7. The molecule has 1 aromatic carbocycles. The third kappa shape index (κ3) is 3.47. The largest absolute Gasteiger partial charge is 0.497 e. The first-order valence-electron chi connectivity index (χ1n) is 6.59. The van der Waals surface area contributed by atoms with Gasteiger partial charge in [-0.1, -0.05) is 12.1 Å². The van der Waals surface area contributed by atoms with Crippen molar-refractivity contribution < 1.29 is 18.9 Å². The molecule has 2 atom stereocenters. The van der Waals surface area contributed by atoms with E-state index in [1.165, 1.54) is 5.56 Å². The number of rotatable bonds is 5. The van der Waals surface area contributed by atoms with Crippen molar-refractivity contribution in [1.82, 2.24) is 0 Å². The van der Waals surface area contributed by atoms with Crippen LogP contribution in [0, 0.1) is 5.92 Å². The molecule has 1 fully saturated rings. The lowest BCUT2D eigenvalue weighted by Crippen LogP contribution is -2.31. The highest BCUT2D eigenvalue weighted by Gasteiger charge is 2.29. The second kappa shape index (κ2) is 6.89. The van der Waals surface area contributed by atoms with Crippen LogP contribution in [-0.4, -0.2) is 34.2 Å². The van der Waals surface area contributed by atoms with E-state index in [1.807, 2.05) is 12.1 Å². The molecule has 0 aromatic heterocycles. The maximum absolute atomic E-state index is 5.85. The summed E-state index contributed by atoms with van der Waals surface area (Å²) in [5, 5.41) is 0. The summed E-state index contributed by atoms with van der Waals surface area (Å²) in [4.78, 5) is 0. The Labute approximate surface area is 114 Å². The Kier molecular flexibility index (Phi) is 5.19. The monoisotopic (exact) mass is 266 g/mol. The number of hydrogen-bond donors (Lipinski definition) is 0. The molecule has 0 amide bonds. The van der Waals surface area contributed by atoms with Crippen molar-refractivity contribution in [3.05, 3.63) is 29.8 Å². The Bertz CT molecular complexity index is 372. The van der Waals surface area contributed by atoms with Crippen LogP contribution >= 0.6 is 0 Å². The maximum atomic E-state index is 5.85. The van der Waals surface area contributed by atoms with Crippen molar-refractivity contribution in [2.45, 2.75) is 25.2 Å². The van der Waals surface area contributed by atoms with Crippen LogP contribution in [0.1, 0.15) is 24.5 Å². The summed E-state index contributed by atoms with van der Waals surface area (Å²) in [5.74, 6) is 1.23. The molecule has 0 aliphatic carbocycles. The summed E-state index contributed by atoms with van der Waals surface area (Å²) in [6.07, 6.45) is 1.85. The van der Waals surface area contributed by atoms with Crippen LogP contribution in [0.15, 0.2) is 24.3 Å². The quantitative estimate of drug-likeness (QED) is 0.768. The molecule has 0 radical (unpaired) electrons. The number of benzene rings is 1. The Balaban J connectivity index is 2.03. The van der Waals surface area contributed by atoms with Gasteiger partial charge in [0.1, 0.15) is 5.75 Å². The molecular formula is C15H22O4. The third-order valence-corrected chi connectivity index (χ3v) is 3.66. The first-order chi connectivity index (χ1) is 9.28. The first-order valence-corrected chi connectivity index (χ1v) is 6.59. The fourth-order valence-electron chi connectivity index (χ4n) is 2.60. The topological polar surface area (TPSA) is 36.9 Å². The van der Waals surface area contributed by atoms with Crippen molar-refractivity contribution >= 4 is 0 Å². The number of methoxy groups -OCH3 is 3. The van der Waals surface area contributed by atoms with Gasteiger partial charge in [0.25, 0.3) is 0 Å². The Morgan fingerprint density at radius 2 is 1.79 bits per heavy atom. The third-order valence-electron chi connectivity index (χ3n) is 3.66. The van der Waals surface area contributed by atoms with Gasteiger partial charge in [0, 0.05) is 26.7 Å². The highest BCUT2D eigenvalue weighted by Crippen LogP contribution is 2.34. The van der Waals surface area contributed by atoms with E-state index in [2.05, 4.69) is 12.1 Å². The fraction of sp³-hybridized carbons (Fsp3) is 0.600. The van der Waals surface area contributed by atoms with Crippen molar-refractivity contribution in [3.8, 4) is 5.75 Å². The Hall–Kier alpha value is -1.10. The minimum absolute atomic E-state index is 0.109. The molecular weight excluding hydrogens is 244 g/mol. The zero-order valence-electron chi connectivity index (χ0n) is 11.8. The van der Waals surface area contributed by atoms with Crippen molar-refractivity contribution in [3.63, 3.8) is 0 Å². The molecule has 0 spiro atoms. The van der Waals surface area contributed by atoms with Crippen LogP contribution in [0.4, 0.5) is 0 Å². The van der Waals surface area contributed by atoms with Crippen LogP contribution in [0.5, 0.6) is 5.75 Å². The van der Waals surface area contributed by atoms with Crippen molar-refractivity contribution in [1.29, 1.82) is 0 Å². The zero-order valence-corrected chi connectivity index (χ0v) is 11.8. The minimum atomic E-state index is -0.148. The van der Waals surface area contributed by atoms with E-state index in [9.17, 15) is 0 Å². The van der Waals surface area contributed by atoms with E-state index < -0.39 is 0 Å². The summed E-state index contributed by atoms with van der Waals surface area (Å²) >= 11 is 0. The molecule has 0 bridgehead atoms. The maximum Gasteiger partial charge on any atom is 0.159 e. The fourth-order valence-corrected chi connectivity index (χ4v) is 2.60. The SMILES string of the molecule is COc1ccc([C@H]2C[C@@H](C(OC)OC)CCO2)cc1. The number of hydrogen-bond acceptors (Lipinski definition) is 4. The minimum Gasteiger partial charge on any atom is -0.497 e. The van der Waals surface area contributed by atoms with E-state index in [-0.39, 0.29) is 12.4 Å². The number of ether oxygens (including phenoxy) is 4.